The Bertz CT molecular complexity index is 892. The van der Waals surface area contributed by atoms with Gasteiger partial charge in [-0.15, -0.1) is 6.58 Å². The number of pyridine rings is 1. The van der Waals surface area contributed by atoms with Gasteiger partial charge in [0, 0.05) is 17.1 Å². The lowest BCUT2D eigenvalue weighted by Gasteiger charge is -2.19. The largest absolute Gasteiger partial charge is 0.377 e. The Hall–Kier alpha value is -2.39. The smallest absolute Gasteiger partial charge is 0.128 e. The van der Waals surface area contributed by atoms with Gasteiger partial charge < -0.3 is 5.32 Å². The standard InChI is InChI=1S/C20H18ClFN2/c1-3-6-14-9-10-18(22)16(11-14)13(2)24-20-15-7-4-5-8-19(15)23-12-17(20)21/h3-5,7-13H,1,6H2,2H3,(H,23,24). The highest BCUT2D eigenvalue weighted by Gasteiger charge is 2.15. The first kappa shape index (κ1) is 16.5. The molecule has 0 aliphatic heterocycles. The highest BCUT2D eigenvalue weighted by atomic mass is 35.5. The molecule has 0 amide bonds. The molecule has 122 valence electrons. The fourth-order valence-electron chi connectivity index (χ4n) is 2.78. The van der Waals surface area contributed by atoms with E-state index in [2.05, 4.69) is 16.9 Å². The van der Waals surface area contributed by atoms with Crippen LogP contribution in [0.2, 0.25) is 5.02 Å². The molecule has 1 N–H and O–H groups in total. The van der Waals surface area contributed by atoms with Crippen LogP contribution in [0.4, 0.5) is 10.1 Å². The number of nitrogens with one attached hydrogen (secondary N) is 1. The van der Waals surface area contributed by atoms with E-state index >= 15 is 0 Å². The predicted molar refractivity (Wildman–Crippen MR) is 99.1 cm³/mol. The van der Waals surface area contributed by atoms with Crippen molar-refractivity contribution in [2.24, 2.45) is 0 Å². The Morgan fingerprint density at radius 1 is 1.29 bits per heavy atom. The molecule has 3 rings (SSSR count). The topological polar surface area (TPSA) is 24.9 Å². The fourth-order valence-corrected chi connectivity index (χ4v) is 2.98. The van der Waals surface area contributed by atoms with Gasteiger partial charge in [-0.25, -0.2) is 4.39 Å². The van der Waals surface area contributed by atoms with Gasteiger partial charge in [0.25, 0.3) is 0 Å². The van der Waals surface area contributed by atoms with Crippen LogP contribution in [0.25, 0.3) is 10.9 Å². The molecular formula is C20H18ClFN2. The molecule has 3 aromatic rings. The van der Waals surface area contributed by atoms with E-state index < -0.39 is 0 Å². The van der Waals surface area contributed by atoms with E-state index in [9.17, 15) is 4.39 Å². The molecule has 2 aromatic carbocycles. The highest BCUT2D eigenvalue weighted by molar-refractivity contribution is 6.34. The zero-order chi connectivity index (χ0) is 17.1. The van der Waals surface area contributed by atoms with Gasteiger partial charge in [-0.3, -0.25) is 4.98 Å². The minimum absolute atomic E-state index is 0.238. The molecule has 0 spiro atoms. The van der Waals surface area contributed by atoms with E-state index in [-0.39, 0.29) is 11.9 Å². The zero-order valence-corrected chi connectivity index (χ0v) is 14.1. The van der Waals surface area contributed by atoms with Gasteiger partial charge in [0.15, 0.2) is 0 Å². The van der Waals surface area contributed by atoms with Gasteiger partial charge in [0.1, 0.15) is 5.82 Å². The van der Waals surface area contributed by atoms with Crippen LogP contribution in [0.5, 0.6) is 0 Å². The van der Waals surface area contributed by atoms with Crippen molar-refractivity contribution in [3.05, 3.63) is 83.3 Å². The van der Waals surface area contributed by atoms with Crippen molar-refractivity contribution in [3.8, 4) is 0 Å². The minimum atomic E-state index is -0.239. The number of fused-ring (bicyclic) bond motifs is 1. The Balaban J connectivity index is 1.98. The average Bonchev–Trinajstić information content (AvgIpc) is 2.59. The Morgan fingerprint density at radius 3 is 2.88 bits per heavy atom. The molecule has 24 heavy (non-hydrogen) atoms. The van der Waals surface area contributed by atoms with Crippen molar-refractivity contribution in [2.45, 2.75) is 19.4 Å². The molecule has 1 atom stereocenters. The monoisotopic (exact) mass is 340 g/mol. The summed E-state index contributed by atoms with van der Waals surface area (Å²) >= 11 is 6.32. The van der Waals surface area contributed by atoms with Crippen molar-refractivity contribution in [3.63, 3.8) is 0 Å². The lowest BCUT2D eigenvalue weighted by molar-refractivity contribution is 0.599. The number of rotatable bonds is 5. The van der Waals surface area contributed by atoms with Crippen molar-refractivity contribution in [1.82, 2.24) is 4.98 Å². The highest BCUT2D eigenvalue weighted by Crippen LogP contribution is 2.33. The maximum atomic E-state index is 14.3. The number of benzene rings is 2. The van der Waals surface area contributed by atoms with Crippen molar-refractivity contribution < 1.29 is 4.39 Å². The van der Waals surface area contributed by atoms with Gasteiger partial charge >= 0.3 is 0 Å². The maximum Gasteiger partial charge on any atom is 0.128 e. The van der Waals surface area contributed by atoms with Gasteiger partial charge in [-0.05, 0) is 31.0 Å². The summed E-state index contributed by atoms with van der Waals surface area (Å²) in [4.78, 5) is 4.32. The SMILES string of the molecule is C=CCc1ccc(F)c(C(C)Nc2c(Cl)cnc3ccccc23)c1. The second kappa shape index (κ2) is 7.02. The molecule has 0 saturated heterocycles. The number of hydrogen-bond donors (Lipinski definition) is 1. The van der Waals surface area contributed by atoms with E-state index in [0.29, 0.717) is 17.0 Å². The molecule has 1 unspecified atom stereocenters. The number of halogens is 2. The number of aromatic nitrogens is 1. The van der Waals surface area contributed by atoms with Crippen LogP contribution in [-0.2, 0) is 6.42 Å². The predicted octanol–water partition coefficient (Wildman–Crippen LogP) is 5.93. The summed E-state index contributed by atoms with van der Waals surface area (Å²) in [5.74, 6) is -0.239. The molecule has 2 nitrogen and oxygen atoms in total. The second-order valence-electron chi connectivity index (χ2n) is 5.71. The molecule has 0 bridgehead atoms. The number of anilines is 1. The van der Waals surface area contributed by atoms with E-state index in [1.165, 1.54) is 6.07 Å². The summed E-state index contributed by atoms with van der Waals surface area (Å²) in [7, 11) is 0. The lowest BCUT2D eigenvalue weighted by Crippen LogP contribution is -2.10. The van der Waals surface area contributed by atoms with Crippen molar-refractivity contribution in [1.29, 1.82) is 0 Å². The molecule has 1 heterocycles. The summed E-state index contributed by atoms with van der Waals surface area (Å²) in [6.45, 7) is 5.65. The van der Waals surface area contributed by atoms with Crippen LogP contribution >= 0.6 is 11.6 Å². The number of nitrogens with zero attached hydrogens (tertiary/aromatic N) is 1. The molecule has 0 aliphatic carbocycles. The lowest BCUT2D eigenvalue weighted by atomic mass is 10.0. The summed E-state index contributed by atoms with van der Waals surface area (Å²) < 4.78 is 14.3. The Labute approximate surface area is 146 Å². The number of para-hydroxylation sites is 1. The van der Waals surface area contributed by atoms with Crippen LogP contribution in [0.1, 0.15) is 24.1 Å². The van der Waals surface area contributed by atoms with E-state index in [4.69, 9.17) is 11.6 Å². The third kappa shape index (κ3) is 3.26. The quantitative estimate of drug-likeness (QED) is 0.582. The molecular weight excluding hydrogens is 323 g/mol. The molecule has 0 fully saturated rings. The first-order valence-corrected chi connectivity index (χ1v) is 8.17. The molecule has 0 radical (unpaired) electrons. The van der Waals surface area contributed by atoms with E-state index in [0.717, 1.165) is 22.2 Å². The summed E-state index contributed by atoms with van der Waals surface area (Å²) in [5, 5.41) is 4.77. The molecule has 4 heteroatoms. The van der Waals surface area contributed by atoms with Crippen LogP contribution in [0.15, 0.2) is 61.3 Å². The van der Waals surface area contributed by atoms with Crippen LogP contribution in [0, 0.1) is 5.82 Å². The molecule has 0 saturated carbocycles. The molecule has 1 aromatic heterocycles. The zero-order valence-electron chi connectivity index (χ0n) is 13.4. The third-order valence-electron chi connectivity index (χ3n) is 4.00. The third-order valence-corrected chi connectivity index (χ3v) is 4.28. The van der Waals surface area contributed by atoms with Gasteiger partial charge in [-0.2, -0.15) is 0 Å². The van der Waals surface area contributed by atoms with Gasteiger partial charge in [0.05, 0.1) is 22.3 Å². The summed E-state index contributed by atoms with van der Waals surface area (Å²) in [6.07, 6.45) is 4.13. The number of allylic oxidation sites excluding steroid dienone is 1. The first-order chi connectivity index (χ1) is 11.6. The van der Waals surface area contributed by atoms with E-state index in [1.807, 2.05) is 43.3 Å². The van der Waals surface area contributed by atoms with E-state index in [1.54, 1.807) is 12.3 Å². The van der Waals surface area contributed by atoms with Crippen LogP contribution in [0.3, 0.4) is 0 Å². The van der Waals surface area contributed by atoms with Crippen LogP contribution < -0.4 is 5.32 Å². The van der Waals surface area contributed by atoms with Gasteiger partial charge in [0.2, 0.25) is 0 Å². The minimum Gasteiger partial charge on any atom is -0.377 e. The maximum absolute atomic E-state index is 14.3. The molecule has 0 aliphatic rings. The normalized spacial score (nSPS) is 12.1. The summed E-state index contributed by atoms with van der Waals surface area (Å²) in [6, 6.07) is 12.6. The Morgan fingerprint density at radius 2 is 2.08 bits per heavy atom. The Kier molecular flexibility index (Phi) is 4.81. The second-order valence-corrected chi connectivity index (χ2v) is 6.12. The van der Waals surface area contributed by atoms with Gasteiger partial charge in [-0.1, -0.05) is 48.0 Å². The average molecular weight is 341 g/mol. The van der Waals surface area contributed by atoms with Crippen LogP contribution in [-0.4, -0.2) is 4.98 Å². The van der Waals surface area contributed by atoms with Crippen molar-refractivity contribution >= 4 is 28.2 Å². The number of hydrogen-bond acceptors (Lipinski definition) is 2. The fraction of sp³-hybridized carbons (Fsp3) is 0.150. The van der Waals surface area contributed by atoms with Crippen molar-refractivity contribution in [2.75, 3.05) is 5.32 Å². The first-order valence-electron chi connectivity index (χ1n) is 7.79. The summed E-state index contributed by atoms with van der Waals surface area (Å²) in [5.41, 5.74) is 3.24.